The van der Waals surface area contributed by atoms with Crippen molar-refractivity contribution in [3.8, 4) is 0 Å². The molecule has 0 fully saturated rings. The van der Waals surface area contributed by atoms with Crippen molar-refractivity contribution < 1.29 is 9.15 Å². The lowest BCUT2D eigenvalue weighted by atomic mass is 10.2. The maximum Gasteiger partial charge on any atom is 0.297 e. The highest BCUT2D eigenvalue weighted by Gasteiger charge is 2.17. The van der Waals surface area contributed by atoms with E-state index in [0.717, 1.165) is 38.2 Å². The summed E-state index contributed by atoms with van der Waals surface area (Å²) >= 11 is 0. The van der Waals surface area contributed by atoms with E-state index in [1.807, 2.05) is 0 Å². The van der Waals surface area contributed by atoms with Gasteiger partial charge in [0.25, 0.3) is 6.01 Å². The maximum absolute atomic E-state index is 5.60. The third-order valence-corrected chi connectivity index (χ3v) is 3.18. The number of anilines is 1. The molecular weight excluding hydrogens is 242 g/mol. The molecule has 1 aromatic heterocycles. The number of oxazole rings is 1. The minimum Gasteiger partial charge on any atom is -0.432 e. The molecule has 0 radical (unpaired) electrons. The second kappa shape index (κ2) is 8.93. The normalized spacial score (nSPS) is 12.6. The van der Waals surface area contributed by atoms with Gasteiger partial charge in [0.1, 0.15) is 6.26 Å². The predicted molar refractivity (Wildman–Crippen MR) is 77.5 cm³/mol. The molecule has 0 aliphatic rings. The van der Waals surface area contributed by atoms with E-state index in [2.05, 4.69) is 36.0 Å². The van der Waals surface area contributed by atoms with Crippen LogP contribution in [0.2, 0.25) is 0 Å². The highest BCUT2D eigenvalue weighted by molar-refractivity contribution is 5.28. The molecule has 1 atom stereocenters. The molecule has 5 heteroatoms. The third-order valence-electron chi connectivity index (χ3n) is 3.18. The average Bonchev–Trinajstić information content (AvgIpc) is 2.88. The number of aromatic nitrogens is 1. The Morgan fingerprint density at radius 3 is 2.89 bits per heavy atom. The second-order valence-electron chi connectivity index (χ2n) is 4.74. The van der Waals surface area contributed by atoms with Gasteiger partial charge in [-0.2, -0.15) is 4.98 Å². The van der Waals surface area contributed by atoms with Gasteiger partial charge in [-0.1, -0.05) is 13.8 Å². The molecule has 5 nitrogen and oxygen atoms in total. The molecule has 0 aliphatic carbocycles. The van der Waals surface area contributed by atoms with Crippen LogP contribution in [0.4, 0.5) is 6.01 Å². The van der Waals surface area contributed by atoms with Gasteiger partial charge in [-0.05, 0) is 26.3 Å². The Hall–Kier alpha value is -1.07. The van der Waals surface area contributed by atoms with Crippen molar-refractivity contribution in [1.82, 2.24) is 10.3 Å². The molecule has 1 heterocycles. The first kappa shape index (κ1) is 16.0. The zero-order valence-corrected chi connectivity index (χ0v) is 12.6. The second-order valence-corrected chi connectivity index (χ2v) is 4.74. The summed E-state index contributed by atoms with van der Waals surface area (Å²) < 4.78 is 10.7. The molecule has 0 spiro atoms. The van der Waals surface area contributed by atoms with Crippen LogP contribution in [0.25, 0.3) is 0 Å². The van der Waals surface area contributed by atoms with E-state index >= 15 is 0 Å². The molecule has 1 N–H and O–H groups in total. The number of nitrogens with one attached hydrogen (secondary N) is 1. The number of rotatable bonds is 10. The van der Waals surface area contributed by atoms with Crippen molar-refractivity contribution in [3.05, 3.63) is 12.0 Å². The first-order chi connectivity index (χ1) is 9.22. The Balaban J connectivity index is 2.62. The molecule has 0 aliphatic heterocycles. The topological polar surface area (TPSA) is 50.5 Å². The van der Waals surface area contributed by atoms with Gasteiger partial charge in [0, 0.05) is 26.2 Å². The molecule has 0 amide bonds. The Labute approximate surface area is 116 Å². The molecule has 0 aromatic carbocycles. The zero-order chi connectivity index (χ0) is 14.1. The summed E-state index contributed by atoms with van der Waals surface area (Å²) in [6, 6.07) is 1.09. The molecule has 0 bridgehead atoms. The SMILES string of the molecule is CCCNCc1coc(N(CCOC)C(C)CC)n1. The Bertz CT molecular complexity index is 341. The molecule has 1 unspecified atom stereocenters. The van der Waals surface area contributed by atoms with Crippen LogP contribution in [0.3, 0.4) is 0 Å². The fourth-order valence-electron chi connectivity index (χ4n) is 1.82. The smallest absolute Gasteiger partial charge is 0.297 e. The largest absolute Gasteiger partial charge is 0.432 e. The van der Waals surface area contributed by atoms with Crippen molar-refractivity contribution >= 4 is 6.01 Å². The molecule has 110 valence electrons. The van der Waals surface area contributed by atoms with Gasteiger partial charge in [-0.3, -0.25) is 0 Å². The van der Waals surface area contributed by atoms with Crippen molar-refractivity contribution in [2.45, 2.75) is 46.2 Å². The van der Waals surface area contributed by atoms with Crippen LogP contribution in [0.15, 0.2) is 10.7 Å². The van der Waals surface area contributed by atoms with E-state index in [0.29, 0.717) is 18.7 Å². The summed E-state index contributed by atoms with van der Waals surface area (Å²) in [7, 11) is 1.71. The molecule has 19 heavy (non-hydrogen) atoms. The van der Waals surface area contributed by atoms with Gasteiger partial charge in [-0.25, -0.2) is 0 Å². The first-order valence-electron chi connectivity index (χ1n) is 7.13. The van der Waals surface area contributed by atoms with E-state index in [-0.39, 0.29) is 0 Å². The molecule has 0 saturated heterocycles. The van der Waals surface area contributed by atoms with Crippen LogP contribution >= 0.6 is 0 Å². The van der Waals surface area contributed by atoms with Crippen molar-refractivity contribution in [2.24, 2.45) is 0 Å². The fraction of sp³-hybridized carbons (Fsp3) is 0.786. The summed E-state index contributed by atoms with van der Waals surface area (Å²) in [5.74, 6) is 0. The lowest BCUT2D eigenvalue weighted by Gasteiger charge is -2.26. The Kier molecular flexibility index (Phi) is 7.52. The number of ether oxygens (including phenoxy) is 1. The van der Waals surface area contributed by atoms with Crippen LogP contribution in [0.1, 0.15) is 39.3 Å². The Morgan fingerprint density at radius 1 is 1.47 bits per heavy atom. The van der Waals surface area contributed by atoms with Gasteiger partial charge in [0.2, 0.25) is 0 Å². The molecular formula is C14H27N3O2. The van der Waals surface area contributed by atoms with Gasteiger partial charge < -0.3 is 19.4 Å². The van der Waals surface area contributed by atoms with Crippen LogP contribution in [0.5, 0.6) is 0 Å². The summed E-state index contributed by atoms with van der Waals surface area (Å²) in [6.07, 6.45) is 3.91. The zero-order valence-electron chi connectivity index (χ0n) is 12.6. The average molecular weight is 269 g/mol. The van der Waals surface area contributed by atoms with Gasteiger partial charge in [-0.15, -0.1) is 0 Å². The minimum atomic E-state index is 0.394. The van der Waals surface area contributed by atoms with E-state index in [4.69, 9.17) is 9.15 Å². The molecule has 1 aromatic rings. The van der Waals surface area contributed by atoms with Crippen molar-refractivity contribution in [3.63, 3.8) is 0 Å². The number of methoxy groups -OCH3 is 1. The lowest BCUT2D eigenvalue weighted by molar-refractivity contribution is 0.201. The van der Waals surface area contributed by atoms with Crippen LogP contribution < -0.4 is 10.2 Å². The van der Waals surface area contributed by atoms with Gasteiger partial charge in [0.05, 0.1) is 12.3 Å². The summed E-state index contributed by atoms with van der Waals surface area (Å²) in [4.78, 5) is 6.71. The lowest BCUT2D eigenvalue weighted by Crippen LogP contribution is -2.35. The number of hydrogen-bond donors (Lipinski definition) is 1. The van der Waals surface area contributed by atoms with Crippen LogP contribution in [-0.2, 0) is 11.3 Å². The predicted octanol–water partition coefficient (Wildman–Crippen LogP) is 2.43. The quantitative estimate of drug-likeness (QED) is 0.661. The molecule has 0 saturated carbocycles. The first-order valence-corrected chi connectivity index (χ1v) is 7.13. The maximum atomic E-state index is 5.60. The van der Waals surface area contributed by atoms with Gasteiger partial charge >= 0.3 is 0 Å². The Morgan fingerprint density at radius 2 is 2.26 bits per heavy atom. The van der Waals surface area contributed by atoms with Gasteiger partial charge in [0.15, 0.2) is 0 Å². The van der Waals surface area contributed by atoms with E-state index < -0.39 is 0 Å². The van der Waals surface area contributed by atoms with Crippen molar-refractivity contribution in [1.29, 1.82) is 0 Å². The summed E-state index contributed by atoms with van der Waals surface area (Å²) in [5.41, 5.74) is 0.953. The van der Waals surface area contributed by atoms with Crippen molar-refractivity contribution in [2.75, 3.05) is 31.7 Å². The van der Waals surface area contributed by atoms with E-state index in [9.17, 15) is 0 Å². The summed E-state index contributed by atoms with van der Waals surface area (Å²) in [5, 5.41) is 3.32. The monoisotopic (exact) mass is 269 g/mol. The van der Waals surface area contributed by atoms with E-state index in [1.165, 1.54) is 0 Å². The number of nitrogens with zero attached hydrogens (tertiary/aromatic N) is 2. The van der Waals surface area contributed by atoms with Crippen LogP contribution in [-0.4, -0.2) is 37.8 Å². The standard InChI is InChI=1S/C14H27N3O2/c1-5-7-15-10-13-11-19-14(16-13)17(8-9-18-4)12(3)6-2/h11-12,15H,5-10H2,1-4H3. The highest BCUT2D eigenvalue weighted by atomic mass is 16.5. The summed E-state index contributed by atoms with van der Waals surface area (Å²) in [6.45, 7) is 9.73. The molecule has 1 rings (SSSR count). The van der Waals surface area contributed by atoms with E-state index in [1.54, 1.807) is 13.4 Å². The number of hydrogen-bond acceptors (Lipinski definition) is 5. The third kappa shape index (κ3) is 5.20. The highest BCUT2D eigenvalue weighted by Crippen LogP contribution is 2.17. The minimum absolute atomic E-state index is 0.394. The fourth-order valence-corrected chi connectivity index (χ4v) is 1.82. The van der Waals surface area contributed by atoms with Crippen LogP contribution in [0, 0.1) is 0 Å².